The van der Waals surface area contributed by atoms with E-state index in [1.165, 1.54) is 25.5 Å². The fourth-order valence-corrected chi connectivity index (χ4v) is 5.01. The van der Waals surface area contributed by atoms with Gasteiger partial charge in [0, 0.05) is 12.6 Å². The van der Waals surface area contributed by atoms with Gasteiger partial charge in [-0.3, -0.25) is 9.59 Å². The number of amides is 2. The molecule has 40 heavy (non-hydrogen) atoms. The third kappa shape index (κ3) is 9.51. The lowest BCUT2D eigenvalue weighted by atomic mass is 10.1. The topological polar surface area (TPSA) is 126 Å². The Kier molecular flexibility index (Phi) is 11.2. The van der Waals surface area contributed by atoms with Crippen molar-refractivity contribution in [2.24, 2.45) is 5.10 Å². The summed E-state index contributed by atoms with van der Waals surface area (Å²) in [6, 6.07) is 22.3. The summed E-state index contributed by atoms with van der Waals surface area (Å²) >= 11 is 0. The van der Waals surface area contributed by atoms with Gasteiger partial charge in [0.1, 0.15) is 11.5 Å². The molecule has 0 aromatic heterocycles. The van der Waals surface area contributed by atoms with E-state index in [-0.39, 0.29) is 30.0 Å². The van der Waals surface area contributed by atoms with Crippen molar-refractivity contribution in [3.05, 3.63) is 90.0 Å². The highest BCUT2D eigenvalue weighted by atomic mass is 32.2. The number of sulfonamides is 1. The Morgan fingerprint density at radius 1 is 0.925 bits per heavy atom. The summed E-state index contributed by atoms with van der Waals surface area (Å²) < 4.78 is 38.5. The second kappa shape index (κ2) is 14.8. The Hall–Kier alpha value is -4.22. The Bertz CT molecular complexity index is 1380. The number of nitrogens with zero attached hydrogens (tertiary/aromatic N) is 2. The summed E-state index contributed by atoms with van der Waals surface area (Å²) in [5.41, 5.74) is 4.01. The summed E-state index contributed by atoms with van der Waals surface area (Å²) in [6.07, 6.45) is 1.86. The first kappa shape index (κ1) is 30.3. The molecule has 0 aliphatic rings. The predicted molar refractivity (Wildman–Crippen MR) is 153 cm³/mol. The first-order valence-electron chi connectivity index (χ1n) is 12.7. The smallest absolute Gasteiger partial charge is 0.258 e. The van der Waals surface area contributed by atoms with E-state index in [4.69, 9.17) is 9.47 Å². The summed E-state index contributed by atoms with van der Waals surface area (Å²) in [7, 11) is -2.47. The van der Waals surface area contributed by atoms with Crippen LogP contribution in [0, 0.1) is 0 Å². The van der Waals surface area contributed by atoms with Gasteiger partial charge in [-0.05, 0) is 79.9 Å². The molecule has 0 heterocycles. The van der Waals surface area contributed by atoms with E-state index in [9.17, 15) is 18.0 Å². The molecule has 0 aliphatic carbocycles. The molecule has 2 N–H and O–H groups in total. The van der Waals surface area contributed by atoms with Crippen LogP contribution in [-0.2, 0) is 26.0 Å². The van der Waals surface area contributed by atoms with E-state index >= 15 is 0 Å². The monoisotopic (exact) mass is 566 g/mol. The predicted octanol–water partition coefficient (Wildman–Crippen LogP) is 2.98. The molecule has 0 aliphatic heterocycles. The van der Waals surface area contributed by atoms with Gasteiger partial charge in [-0.15, -0.1) is 0 Å². The zero-order chi connectivity index (χ0) is 29.0. The van der Waals surface area contributed by atoms with E-state index in [2.05, 4.69) is 15.8 Å². The van der Waals surface area contributed by atoms with Crippen molar-refractivity contribution in [2.45, 2.75) is 31.2 Å². The van der Waals surface area contributed by atoms with Crippen molar-refractivity contribution >= 4 is 28.1 Å². The van der Waals surface area contributed by atoms with Gasteiger partial charge >= 0.3 is 0 Å². The summed E-state index contributed by atoms with van der Waals surface area (Å²) in [4.78, 5) is 24.5. The van der Waals surface area contributed by atoms with E-state index in [0.29, 0.717) is 23.5 Å². The fraction of sp³-hybridized carbons (Fsp3) is 0.276. The number of ether oxygens (including phenoxy) is 2. The van der Waals surface area contributed by atoms with Crippen molar-refractivity contribution in [1.82, 2.24) is 15.0 Å². The van der Waals surface area contributed by atoms with Crippen LogP contribution in [0.5, 0.6) is 11.5 Å². The number of carbonyl (C=O) groups excluding carboxylic acids is 2. The molecule has 0 saturated heterocycles. The number of benzene rings is 3. The molecule has 0 atom stereocenters. The van der Waals surface area contributed by atoms with Crippen molar-refractivity contribution in [2.75, 3.05) is 26.8 Å². The maximum atomic E-state index is 13.4. The van der Waals surface area contributed by atoms with Crippen LogP contribution in [0.4, 0.5) is 0 Å². The van der Waals surface area contributed by atoms with Gasteiger partial charge in [0.15, 0.2) is 6.61 Å². The van der Waals surface area contributed by atoms with Gasteiger partial charge in [0.05, 0.1) is 24.8 Å². The second-order valence-corrected chi connectivity index (χ2v) is 11.1. The molecular formula is C29H34N4O6S. The second-order valence-electron chi connectivity index (χ2n) is 9.12. The quantitative estimate of drug-likeness (QED) is 0.228. The number of rotatable bonds is 14. The zero-order valence-electron chi connectivity index (χ0n) is 22.7. The Balaban J connectivity index is 1.62. The van der Waals surface area contributed by atoms with Gasteiger partial charge in [-0.1, -0.05) is 30.3 Å². The van der Waals surface area contributed by atoms with Crippen molar-refractivity contribution in [3.63, 3.8) is 0 Å². The van der Waals surface area contributed by atoms with Crippen LogP contribution in [0.1, 0.15) is 25.0 Å². The van der Waals surface area contributed by atoms with E-state index < -0.39 is 22.5 Å². The van der Waals surface area contributed by atoms with E-state index in [1.54, 1.807) is 36.4 Å². The first-order chi connectivity index (χ1) is 19.2. The maximum Gasteiger partial charge on any atom is 0.258 e. The van der Waals surface area contributed by atoms with Crippen molar-refractivity contribution < 1.29 is 27.5 Å². The number of hydrogen-bond donors (Lipinski definition) is 2. The molecule has 0 radical (unpaired) electrons. The van der Waals surface area contributed by atoms with Gasteiger partial charge in [-0.25, -0.2) is 13.8 Å². The van der Waals surface area contributed by atoms with Crippen LogP contribution in [0.3, 0.4) is 0 Å². The van der Waals surface area contributed by atoms with Gasteiger partial charge < -0.3 is 14.8 Å². The number of carbonyl (C=O) groups is 2. The first-order valence-corrected chi connectivity index (χ1v) is 14.1. The van der Waals surface area contributed by atoms with Crippen LogP contribution in [0.15, 0.2) is 88.9 Å². The Labute approximate surface area is 235 Å². The van der Waals surface area contributed by atoms with Crippen LogP contribution < -0.4 is 20.2 Å². The Morgan fingerprint density at radius 3 is 2.20 bits per heavy atom. The van der Waals surface area contributed by atoms with Crippen LogP contribution in [0.25, 0.3) is 0 Å². The minimum atomic E-state index is -3.97. The minimum absolute atomic E-state index is 0.0309. The average molecular weight is 567 g/mol. The van der Waals surface area contributed by atoms with Gasteiger partial charge in [-0.2, -0.15) is 9.41 Å². The average Bonchev–Trinajstić information content (AvgIpc) is 2.95. The molecule has 0 saturated carbocycles. The molecule has 3 rings (SSSR count). The van der Waals surface area contributed by atoms with Crippen molar-refractivity contribution in [1.29, 1.82) is 0 Å². The van der Waals surface area contributed by atoms with Crippen LogP contribution in [-0.4, -0.2) is 63.6 Å². The summed E-state index contributed by atoms with van der Waals surface area (Å²) in [5.74, 6) is 0.239. The summed E-state index contributed by atoms with van der Waals surface area (Å²) in [6.45, 7) is 3.33. The normalized spacial score (nSPS) is 11.5. The SMILES string of the molecule is COc1ccc(S(=O)(=O)N(CCc2ccccc2)CC(=O)N/N=C/c2ccc(OCC(=O)NC(C)C)cc2)cc1. The highest BCUT2D eigenvalue weighted by molar-refractivity contribution is 7.89. The zero-order valence-corrected chi connectivity index (χ0v) is 23.6. The molecule has 3 aromatic rings. The van der Waals surface area contributed by atoms with E-state index in [1.807, 2.05) is 44.2 Å². The third-order valence-electron chi connectivity index (χ3n) is 5.61. The molecule has 3 aromatic carbocycles. The molecule has 2 amide bonds. The number of hydrazone groups is 1. The molecule has 10 nitrogen and oxygen atoms in total. The largest absolute Gasteiger partial charge is 0.497 e. The lowest BCUT2D eigenvalue weighted by Crippen LogP contribution is -2.40. The lowest BCUT2D eigenvalue weighted by Gasteiger charge is -2.21. The molecule has 0 bridgehead atoms. The van der Waals surface area contributed by atoms with Crippen LogP contribution in [0.2, 0.25) is 0 Å². The third-order valence-corrected chi connectivity index (χ3v) is 7.47. The molecule has 0 spiro atoms. The summed E-state index contributed by atoms with van der Waals surface area (Å²) in [5, 5.41) is 6.70. The van der Waals surface area contributed by atoms with Gasteiger partial charge in [0.2, 0.25) is 10.0 Å². The van der Waals surface area contributed by atoms with Crippen LogP contribution >= 0.6 is 0 Å². The number of hydrogen-bond acceptors (Lipinski definition) is 7. The molecule has 0 fully saturated rings. The highest BCUT2D eigenvalue weighted by Crippen LogP contribution is 2.20. The molecular weight excluding hydrogens is 532 g/mol. The molecule has 11 heteroatoms. The maximum absolute atomic E-state index is 13.4. The fourth-order valence-electron chi connectivity index (χ4n) is 3.62. The van der Waals surface area contributed by atoms with E-state index in [0.717, 1.165) is 9.87 Å². The molecule has 0 unspecified atom stereocenters. The Morgan fingerprint density at radius 2 is 1.57 bits per heavy atom. The van der Waals surface area contributed by atoms with Crippen molar-refractivity contribution in [3.8, 4) is 11.5 Å². The molecule has 212 valence electrons. The number of methoxy groups -OCH3 is 1. The highest BCUT2D eigenvalue weighted by Gasteiger charge is 2.26. The lowest BCUT2D eigenvalue weighted by molar-refractivity contribution is -0.123. The standard InChI is InChI=1S/C29H34N4O6S/c1-22(2)31-29(35)21-39-26-11-9-24(10-12-26)19-30-32-28(34)20-33(18-17-23-7-5-4-6-8-23)40(36,37)27-15-13-25(38-3)14-16-27/h4-16,19,22H,17-18,20-21H2,1-3H3,(H,31,35)(H,32,34)/b30-19+. The minimum Gasteiger partial charge on any atom is -0.497 e. The number of nitrogens with one attached hydrogen (secondary N) is 2. The van der Waals surface area contributed by atoms with Gasteiger partial charge in [0.25, 0.3) is 11.8 Å².